The molecule has 1 atom stereocenters. The molecule has 0 aromatic heterocycles. The number of ether oxygens (including phenoxy) is 1. The Balaban J connectivity index is 2.26. The van der Waals surface area contributed by atoms with Gasteiger partial charge in [-0.15, -0.1) is 0 Å². The fourth-order valence-electron chi connectivity index (χ4n) is 1.55. The van der Waals surface area contributed by atoms with Gasteiger partial charge in [0.05, 0.1) is 7.11 Å². The number of carbonyl (C=O) groups is 2. The van der Waals surface area contributed by atoms with Crippen molar-refractivity contribution in [2.45, 2.75) is 45.2 Å². The Bertz CT molecular complexity index is 275. The number of methoxy groups -OCH3 is 1. The Morgan fingerprint density at radius 3 is 2.47 bits per heavy atom. The van der Waals surface area contributed by atoms with E-state index in [4.69, 9.17) is 0 Å². The number of hydrogen-bond acceptors (Lipinski definition) is 4. The predicted octanol–water partition coefficient (Wildman–Crippen LogP) is 0.442. The van der Waals surface area contributed by atoms with Crippen LogP contribution in [0.4, 0.5) is 0 Å². The molecule has 0 aliphatic heterocycles. The summed E-state index contributed by atoms with van der Waals surface area (Å²) in [6.07, 6.45) is 2.81. The van der Waals surface area contributed by atoms with E-state index in [1.54, 1.807) is 0 Å². The SMILES string of the molecule is COC(=O)C(NC(=O)CCNC1CC1)C(C)C. The summed E-state index contributed by atoms with van der Waals surface area (Å²) in [5.74, 6) is -0.464. The molecule has 1 aliphatic rings. The molecule has 0 aromatic carbocycles. The number of nitrogens with one attached hydrogen (secondary N) is 2. The van der Waals surface area contributed by atoms with Crippen LogP contribution in [-0.2, 0) is 14.3 Å². The zero-order chi connectivity index (χ0) is 12.8. The third-order valence-electron chi connectivity index (χ3n) is 2.80. The van der Waals surface area contributed by atoms with E-state index >= 15 is 0 Å². The van der Waals surface area contributed by atoms with E-state index in [1.165, 1.54) is 20.0 Å². The quantitative estimate of drug-likeness (QED) is 0.636. The highest BCUT2D eigenvalue weighted by Gasteiger charge is 2.25. The van der Waals surface area contributed by atoms with Crippen molar-refractivity contribution in [1.82, 2.24) is 10.6 Å². The van der Waals surface area contributed by atoms with Crippen LogP contribution < -0.4 is 10.6 Å². The maximum Gasteiger partial charge on any atom is 0.328 e. The van der Waals surface area contributed by atoms with Gasteiger partial charge in [-0.05, 0) is 18.8 Å². The molecule has 5 heteroatoms. The average Bonchev–Trinajstić information content (AvgIpc) is 3.08. The lowest BCUT2D eigenvalue weighted by molar-refractivity contribution is -0.146. The number of amides is 1. The first kappa shape index (κ1) is 14.0. The predicted molar refractivity (Wildman–Crippen MR) is 64.4 cm³/mol. The summed E-state index contributed by atoms with van der Waals surface area (Å²) in [6.45, 7) is 4.43. The van der Waals surface area contributed by atoms with Gasteiger partial charge in [0.2, 0.25) is 5.91 Å². The first-order valence-electron chi connectivity index (χ1n) is 6.15. The lowest BCUT2D eigenvalue weighted by atomic mass is 10.0. The molecule has 0 heterocycles. The highest BCUT2D eigenvalue weighted by atomic mass is 16.5. The zero-order valence-corrected chi connectivity index (χ0v) is 10.8. The van der Waals surface area contributed by atoms with Crippen LogP contribution >= 0.6 is 0 Å². The highest BCUT2D eigenvalue weighted by Crippen LogP contribution is 2.18. The van der Waals surface area contributed by atoms with E-state index in [2.05, 4.69) is 15.4 Å². The molecular formula is C12H22N2O3. The van der Waals surface area contributed by atoms with E-state index in [0.717, 1.165) is 0 Å². The number of rotatable bonds is 7. The van der Waals surface area contributed by atoms with Crippen LogP contribution in [0, 0.1) is 5.92 Å². The smallest absolute Gasteiger partial charge is 0.328 e. The summed E-state index contributed by atoms with van der Waals surface area (Å²) in [5.41, 5.74) is 0. The molecule has 0 radical (unpaired) electrons. The first-order chi connectivity index (χ1) is 8.04. The van der Waals surface area contributed by atoms with Crippen molar-refractivity contribution in [2.75, 3.05) is 13.7 Å². The molecule has 0 aromatic rings. The molecule has 1 unspecified atom stereocenters. The second-order valence-electron chi connectivity index (χ2n) is 4.79. The maximum absolute atomic E-state index is 11.6. The number of carbonyl (C=O) groups excluding carboxylic acids is 2. The van der Waals surface area contributed by atoms with Crippen molar-refractivity contribution in [3.05, 3.63) is 0 Å². The van der Waals surface area contributed by atoms with Crippen molar-refractivity contribution >= 4 is 11.9 Å². The van der Waals surface area contributed by atoms with Gasteiger partial charge in [0.1, 0.15) is 6.04 Å². The lowest BCUT2D eigenvalue weighted by Crippen LogP contribution is -2.45. The van der Waals surface area contributed by atoms with Gasteiger partial charge in [0, 0.05) is 19.0 Å². The Kier molecular flexibility index (Phi) is 5.41. The maximum atomic E-state index is 11.6. The van der Waals surface area contributed by atoms with Crippen LogP contribution in [0.1, 0.15) is 33.1 Å². The molecule has 5 nitrogen and oxygen atoms in total. The standard InChI is InChI=1S/C12H22N2O3/c1-8(2)11(12(16)17-3)14-10(15)6-7-13-9-4-5-9/h8-9,11,13H,4-7H2,1-3H3,(H,14,15). The van der Waals surface area contributed by atoms with Crippen LogP contribution in [0.5, 0.6) is 0 Å². The van der Waals surface area contributed by atoms with Crippen LogP contribution in [-0.4, -0.2) is 37.6 Å². The van der Waals surface area contributed by atoms with Gasteiger partial charge in [0.25, 0.3) is 0 Å². The van der Waals surface area contributed by atoms with Gasteiger partial charge in [-0.25, -0.2) is 4.79 Å². The summed E-state index contributed by atoms with van der Waals surface area (Å²) in [6, 6.07) is 0.0535. The molecule has 0 bridgehead atoms. The molecule has 1 rings (SSSR count). The third-order valence-corrected chi connectivity index (χ3v) is 2.80. The number of hydrogen-bond donors (Lipinski definition) is 2. The third kappa shape index (κ3) is 5.17. The van der Waals surface area contributed by atoms with Gasteiger partial charge in [-0.2, -0.15) is 0 Å². The van der Waals surface area contributed by atoms with Gasteiger partial charge < -0.3 is 15.4 Å². The summed E-state index contributed by atoms with van der Waals surface area (Å²) in [4.78, 5) is 23.0. The van der Waals surface area contributed by atoms with Crippen LogP contribution in [0.2, 0.25) is 0 Å². The van der Waals surface area contributed by atoms with E-state index < -0.39 is 6.04 Å². The van der Waals surface area contributed by atoms with Gasteiger partial charge in [-0.3, -0.25) is 4.79 Å². The summed E-state index contributed by atoms with van der Waals surface area (Å²) in [5, 5.41) is 5.96. The Morgan fingerprint density at radius 1 is 1.35 bits per heavy atom. The van der Waals surface area contributed by atoms with Crippen molar-refractivity contribution in [3.63, 3.8) is 0 Å². The summed E-state index contributed by atoms with van der Waals surface area (Å²) < 4.78 is 4.66. The van der Waals surface area contributed by atoms with Gasteiger partial charge in [0.15, 0.2) is 0 Å². The Morgan fingerprint density at radius 2 is 2.00 bits per heavy atom. The Hall–Kier alpha value is -1.10. The number of esters is 1. The fraction of sp³-hybridized carbons (Fsp3) is 0.833. The van der Waals surface area contributed by atoms with Crippen LogP contribution in [0.15, 0.2) is 0 Å². The highest BCUT2D eigenvalue weighted by molar-refractivity contribution is 5.84. The fourth-order valence-corrected chi connectivity index (χ4v) is 1.55. The van der Waals surface area contributed by atoms with Crippen molar-refractivity contribution in [2.24, 2.45) is 5.92 Å². The van der Waals surface area contributed by atoms with Crippen LogP contribution in [0.3, 0.4) is 0 Å². The average molecular weight is 242 g/mol. The summed E-state index contributed by atoms with van der Waals surface area (Å²) in [7, 11) is 1.33. The van der Waals surface area contributed by atoms with Crippen molar-refractivity contribution < 1.29 is 14.3 Å². The van der Waals surface area contributed by atoms with Gasteiger partial charge in [-0.1, -0.05) is 13.8 Å². The Labute approximate surface area is 102 Å². The van der Waals surface area contributed by atoms with E-state index in [0.29, 0.717) is 19.0 Å². The zero-order valence-electron chi connectivity index (χ0n) is 10.8. The lowest BCUT2D eigenvalue weighted by Gasteiger charge is -2.19. The second kappa shape index (κ2) is 6.59. The second-order valence-corrected chi connectivity index (χ2v) is 4.79. The molecule has 98 valence electrons. The topological polar surface area (TPSA) is 67.4 Å². The van der Waals surface area contributed by atoms with Gasteiger partial charge >= 0.3 is 5.97 Å². The van der Waals surface area contributed by atoms with E-state index in [1.807, 2.05) is 13.8 Å². The van der Waals surface area contributed by atoms with Crippen molar-refractivity contribution in [3.8, 4) is 0 Å². The minimum atomic E-state index is -0.548. The minimum Gasteiger partial charge on any atom is -0.467 e. The summed E-state index contributed by atoms with van der Waals surface area (Å²) >= 11 is 0. The molecule has 2 N–H and O–H groups in total. The molecule has 1 fully saturated rings. The largest absolute Gasteiger partial charge is 0.467 e. The molecule has 1 saturated carbocycles. The molecule has 17 heavy (non-hydrogen) atoms. The molecule has 0 saturated heterocycles. The van der Waals surface area contributed by atoms with Crippen LogP contribution in [0.25, 0.3) is 0 Å². The van der Waals surface area contributed by atoms with Crippen molar-refractivity contribution in [1.29, 1.82) is 0 Å². The molecule has 1 amide bonds. The molecule has 1 aliphatic carbocycles. The first-order valence-corrected chi connectivity index (χ1v) is 6.15. The molecular weight excluding hydrogens is 220 g/mol. The monoisotopic (exact) mass is 242 g/mol. The minimum absolute atomic E-state index is 0.0304. The van der Waals surface area contributed by atoms with E-state index in [-0.39, 0.29) is 17.8 Å². The van der Waals surface area contributed by atoms with E-state index in [9.17, 15) is 9.59 Å². The molecule has 0 spiro atoms. The normalized spacial score (nSPS) is 16.7.